The standard InChI is InChI=1S/C13H20N2O4/c1-4-5-6-7-14-12(19)15-10(16)8-13(2,3)9-11(17)18/h1H,5-9H2,2-3H3,(H,17,18)(H2,14,15,16,19). The number of rotatable bonds is 7. The second-order valence-corrected chi connectivity index (χ2v) is 5.02. The van der Waals surface area contributed by atoms with Crippen LogP contribution >= 0.6 is 0 Å². The van der Waals surface area contributed by atoms with E-state index in [0.29, 0.717) is 19.4 Å². The lowest BCUT2D eigenvalue weighted by Crippen LogP contribution is -2.41. The van der Waals surface area contributed by atoms with Crippen LogP contribution in [0.25, 0.3) is 0 Å². The molecule has 6 nitrogen and oxygen atoms in total. The molecule has 0 saturated carbocycles. The van der Waals surface area contributed by atoms with E-state index < -0.39 is 23.3 Å². The fourth-order valence-electron chi connectivity index (χ4n) is 1.51. The van der Waals surface area contributed by atoms with Crippen LogP contribution in [0.1, 0.15) is 39.5 Å². The second kappa shape index (κ2) is 8.14. The van der Waals surface area contributed by atoms with Crippen molar-refractivity contribution in [3.63, 3.8) is 0 Å². The molecule has 0 bridgehead atoms. The number of terminal acetylenes is 1. The number of hydrogen-bond acceptors (Lipinski definition) is 3. The van der Waals surface area contributed by atoms with Crippen molar-refractivity contribution in [1.29, 1.82) is 0 Å². The minimum atomic E-state index is -0.975. The van der Waals surface area contributed by atoms with Gasteiger partial charge in [0.1, 0.15) is 0 Å². The Bertz CT molecular complexity index is 383. The first-order valence-corrected chi connectivity index (χ1v) is 6.00. The number of carboxylic acids is 1. The molecular weight excluding hydrogens is 248 g/mol. The van der Waals surface area contributed by atoms with Crippen LogP contribution in [-0.4, -0.2) is 29.6 Å². The van der Waals surface area contributed by atoms with Crippen molar-refractivity contribution >= 4 is 17.9 Å². The fraction of sp³-hybridized carbons (Fsp3) is 0.615. The minimum Gasteiger partial charge on any atom is -0.481 e. The predicted octanol–water partition coefficient (Wildman–Crippen LogP) is 1.12. The quantitative estimate of drug-likeness (QED) is 0.476. The summed E-state index contributed by atoms with van der Waals surface area (Å²) in [6.45, 7) is 3.71. The van der Waals surface area contributed by atoms with Crippen LogP contribution in [0, 0.1) is 17.8 Å². The topological polar surface area (TPSA) is 95.5 Å². The summed E-state index contributed by atoms with van der Waals surface area (Å²) in [4.78, 5) is 33.5. The van der Waals surface area contributed by atoms with Gasteiger partial charge in [-0.1, -0.05) is 13.8 Å². The zero-order valence-corrected chi connectivity index (χ0v) is 11.3. The average Bonchev–Trinajstić information content (AvgIpc) is 2.21. The van der Waals surface area contributed by atoms with Gasteiger partial charge in [0.05, 0.1) is 6.42 Å². The highest BCUT2D eigenvalue weighted by Gasteiger charge is 2.25. The number of hydrogen-bond donors (Lipinski definition) is 3. The summed E-state index contributed by atoms with van der Waals surface area (Å²) in [6.07, 6.45) is 6.09. The second-order valence-electron chi connectivity index (χ2n) is 5.02. The summed E-state index contributed by atoms with van der Waals surface area (Å²) < 4.78 is 0. The Kier molecular flexibility index (Phi) is 7.27. The molecule has 3 amide bonds. The molecule has 19 heavy (non-hydrogen) atoms. The van der Waals surface area contributed by atoms with Gasteiger partial charge in [-0.15, -0.1) is 12.3 Å². The minimum absolute atomic E-state index is 0.0307. The van der Waals surface area contributed by atoms with Crippen molar-refractivity contribution in [2.45, 2.75) is 39.5 Å². The van der Waals surface area contributed by atoms with Crippen molar-refractivity contribution < 1.29 is 19.5 Å². The van der Waals surface area contributed by atoms with E-state index in [9.17, 15) is 14.4 Å². The van der Waals surface area contributed by atoms with Gasteiger partial charge in [0.2, 0.25) is 5.91 Å². The maximum Gasteiger partial charge on any atom is 0.321 e. The highest BCUT2D eigenvalue weighted by molar-refractivity contribution is 5.94. The van der Waals surface area contributed by atoms with Crippen molar-refractivity contribution in [1.82, 2.24) is 10.6 Å². The molecule has 0 atom stereocenters. The summed E-state index contributed by atoms with van der Waals surface area (Å²) >= 11 is 0. The van der Waals surface area contributed by atoms with Crippen LogP contribution < -0.4 is 10.6 Å². The van der Waals surface area contributed by atoms with Crippen LogP contribution in [0.2, 0.25) is 0 Å². The molecule has 0 spiro atoms. The van der Waals surface area contributed by atoms with Gasteiger partial charge in [-0.2, -0.15) is 0 Å². The zero-order valence-electron chi connectivity index (χ0n) is 11.3. The number of urea groups is 1. The molecule has 0 radical (unpaired) electrons. The van der Waals surface area contributed by atoms with Crippen LogP contribution in [0.4, 0.5) is 4.79 Å². The number of carbonyl (C=O) groups excluding carboxylic acids is 2. The summed E-state index contributed by atoms with van der Waals surface area (Å²) in [5, 5.41) is 13.3. The van der Waals surface area contributed by atoms with Crippen LogP contribution in [0.3, 0.4) is 0 Å². The van der Waals surface area contributed by atoms with E-state index in [0.717, 1.165) is 0 Å². The first kappa shape index (κ1) is 17.0. The molecule has 0 aliphatic carbocycles. The molecule has 0 rings (SSSR count). The Balaban J connectivity index is 4.00. The Morgan fingerprint density at radius 1 is 1.26 bits per heavy atom. The van der Waals surface area contributed by atoms with E-state index in [1.165, 1.54) is 0 Å². The van der Waals surface area contributed by atoms with Gasteiger partial charge in [-0.25, -0.2) is 4.79 Å². The first-order chi connectivity index (χ1) is 8.76. The van der Waals surface area contributed by atoms with Crippen molar-refractivity contribution in [2.24, 2.45) is 5.41 Å². The van der Waals surface area contributed by atoms with Gasteiger partial charge < -0.3 is 10.4 Å². The molecule has 0 saturated heterocycles. The molecular formula is C13H20N2O4. The molecule has 0 heterocycles. The maximum atomic E-state index is 11.5. The molecule has 0 aromatic carbocycles. The normalized spacial score (nSPS) is 10.4. The van der Waals surface area contributed by atoms with E-state index in [-0.39, 0.29) is 12.8 Å². The Hall–Kier alpha value is -2.03. The van der Waals surface area contributed by atoms with Gasteiger partial charge in [-0.05, 0) is 11.8 Å². The molecule has 106 valence electrons. The van der Waals surface area contributed by atoms with Crippen LogP contribution in [-0.2, 0) is 9.59 Å². The smallest absolute Gasteiger partial charge is 0.321 e. The third-order valence-electron chi connectivity index (χ3n) is 2.31. The SMILES string of the molecule is C#CCCCNC(=O)NC(=O)CC(C)(C)CC(=O)O. The fourth-order valence-corrected chi connectivity index (χ4v) is 1.51. The van der Waals surface area contributed by atoms with Gasteiger partial charge in [0.15, 0.2) is 0 Å². The van der Waals surface area contributed by atoms with Crippen molar-refractivity contribution in [3.8, 4) is 12.3 Å². The maximum absolute atomic E-state index is 11.5. The monoisotopic (exact) mass is 268 g/mol. The third kappa shape index (κ3) is 9.65. The number of imide groups is 1. The van der Waals surface area contributed by atoms with Crippen LogP contribution in [0.5, 0.6) is 0 Å². The molecule has 3 N–H and O–H groups in total. The lowest BCUT2D eigenvalue weighted by atomic mass is 9.85. The lowest BCUT2D eigenvalue weighted by Gasteiger charge is -2.21. The third-order valence-corrected chi connectivity index (χ3v) is 2.31. The van der Waals surface area contributed by atoms with E-state index >= 15 is 0 Å². The molecule has 0 aliphatic rings. The van der Waals surface area contributed by atoms with E-state index in [1.807, 2.05) is 0 Å². The van der Waals surface area contributed by atoms with Crippen molar-refractivity contribution in [3.05, 3.63) is 0 Å². The number of unbranched alkanes of at least 4 members (excludes halogenated alkanes) is 1. The summed E-state index contributed by atoms with van der Waals surface area (Å²) in [6, 6.07) is -0.590. The van der Waals surface area contributed by atoms with Crippen molar-refractivity contribution in [2.75, 3.05) is 6.54 Å². The van der Waals surface area contributed by atoms with Crippen LogP contribution in [0.15, 0.2) is 0 Å². The van der Waals surface area contributed by atoms with Gasteiger partial charge in [-0.3, -0.25) is 14.9 Å². The highest BCUT2D eigenvalue weighted by Crippen LogP contribution is 2.24. The zero-order chi connectivity index (χ0) is 14.9. The number of aliphatic carboxylic acids is 1. The molecule has 0 unspecified atom stereocenters. The van der Waals surface area contributed by atoms with E-state index in [1.54, 1.807) is 13.8 Å². The largest absolute Gasteiger partial charge is 0.481 e. The van der Waals surface area contributed by atoms with Gasteiger partial charge >= 0.3 is 12.0 Å². The number of carbonyl (C=O) groups is 3. The lowest BCUT2D eigenvalue weighted by molar-refractivity contribution is -0.139. The molecule has 0 aromatic rings. The summed E-state index contributed by atoms with van der Waals surface area (Å²) in [7, 11) is 0. The molecule has 0 aliphatic heterocycles. The van der Waals surface area contributed by atoms with E-state index in [4.69, 9.17) is 11.5 Å². The van der Waals surface area contributed by atoms with E-state index in [2.05, 4.69) is 16.6 Å². The Labute approximate surface area is 112 Å². The average molecular weight is 268 g/mol. The Morgan fingerprint density at radius 3 is 2.42 bits per heavy atom. The summed E-state index contributed by atoms with van der Waals surface area (Å²) in [5.41, 5.74) is -0.695. The molecule has 6 heteroatoms. The molecule has 0 aromatic heterocycles. The number of carboxylic acid groups (broad SMARTS) is 1. The van der Waals surface area contributed by atoms with Gasteiger partial charge in [0.25, 0.3) is 0 Å². The summed E-state index contributed by atoms with van der Waals surface area (Å²) in [5.74, 6) is 0.962. The predicted molar refractivity (Wildman–Crippen MR) is 70.3 cm³/mol. The number of nitrogens with one attached hydrogen (secondary N) is 2. The highest BCUT2D eigenvalue weighted by atomic mass is 16.4. The number of amides is 3. The Morgan fingerprint density at radius 2 is 1.89 bits per heavy atom. The molecule has 0 fully saturated rings. The first-order valence-electron chi connectivity index (χ1n) is 6.00. The van der Waals surface area contributed by atoms with Gasteiger partial charge in [0, 0.05) is 19.4 Å².